The van der Waals surface area contributed by atoms with Gasteiger partial charge in [0.15, 0.2) is 0 Å². The summed E-state index contributed by atoms with van der Waals surface area (Å²) in [5.74, 6) is 3.03. The highest BCUT2D eigenvalue weighted by molar-refractivity contribution is 5.65. The van der Waals surface area contributed by atoms with Crippen LogP contribution in [0.3, 0.4) is 0 Å². The highest BCUT2D eigenvalue weighted by Gasteiger charge is 2.64. The number of carbonyl (C=O) groups excluding carboxylic acids is 1. The molecule has 19 heavy (non-hydrogen) atoms. The Kier molecular flexibility index (Phi) is 3.00. The van der Waals surface area contributed by atoms with Crippen LogP contribution in [-0.2, 0) is 9.53 Å². The standard InChI is InChI=1S/C17H28O2/c1-11(18)19-10-14-12-6-7-13-15(12)16(2,3)8-5-9-17(13,14)4/h12-15H,5-10H2,1-4H3/t12-,13-,14?,15+,17+/m1/s1. The minimum Gasteiger partial charge on any atom is -0.466 e. The zero-order chi connectivity index (χ0) is 13.8. The van der Waals surface area contributed by atoms with Gasteiger partial charge in [-0.3, -0.25) is 4.79 Å². The molecule has 3 aliphatic rings. The van der Waals surface area contributed by atoms with Gasteiger partial charge in [-0.05, 0) is 54.3 Å². The quantitative estimate of drug-likeness (QED) is 0.704. The molecule has 0 aliphatic heterocycles. The first-order valence-corrected chi connectivity index (χ1v) is 7.99. The fourth-order valence-electron chi connectivity index (χ4n) is 6.09. The summed E-state index contributed by atoms with van der Waals surface area (Å²) in [7, 11) is 0. The van der Waals surface area contributed by atoms with Gasteiger partial charge in [-0.15, -0.1) is 0 Å². The summed E-state index contributed by atoms with van der Waals surface area (Å²) >= 11 is 0. The molecule has 0 radical (unpaired) electrons. The predicted molar refractivity (Wildman–Crippen MR) is 75.6 cm³/mol. The van der Waals surface area contributed by atoms with Gasteiger partial charge in [-0.2, -0.15) is 0 Å². The van der Waals surface area contributed by atoms with E-state index in [9.17, 15) is 4.79 Å². The van der Waals surface area contributed by atoms with Crippen molar-refractivity contribution in [1.29, 1.82) is 0 Å². The van der Waals surface area contributed by atoms with Gasteiger partial charge in [-0.25, -0.2) is 0 Å². The molecule has 2 heteroatoms. The summed E-state index contributed by atoms with van der Waals surface area (Å²) in [6, 6.07) is 0. The van der Waals surface area contributed by atoms with Gasteiger partial charge in [-0.1, -0.05) is 27.2 Å². The van der Waals surface area contributed by atoms with Crippen molar-refractivity contribution in [1.82, 2.24) is 0 Å². The molecule has 1 unspecified atom stereocenters. The predicted octanol–water partition coefficient (Wildman–Crippen LogP) is 4.04. The van der Waals surface area contributed by atoms with E-state index in [1.807, 2.05) is 0 Å². The zero-order valence-electron chi connectivity index (χ0n) is 12.9. The van der Waals surface area contributed by atoms with E-state index in [1.54, 1.807) is 0 Å². The molecule has 0 aromatic rings. The number of rotatable bonds is 2. The first-order chi connectivity index (χ1) is 8.86. The SMILES string of the molecule is CC(=O)OCC1[C@H]2CC[C@@H]3[C@H]2C(C)(C)CCC[C@]13C. The molecule has 3 saturated carbocycles. The molecule has 0 N–H and O–H groups in total. The van der Waals surface area contributed by atoms with Crippen LogP contribution < -0.4 is 0 Å². The maximum absolute atomic E-state index is 11.2. The van der Waals surface area contributed by atoms with Crippen LogP contribution in [0.4, 0.5) is 0 Å². The maximum Gasteiger partial charge on any atom is 0.302 e. The lowest BCUT2D eigenvalue weighted by Crippen LogP contribution is -2.37. The largest absolute Gasteiger partial charge is 0.466 e. The van der Waals surface area contributed by atoms with Gasteiger partial charge in [0.2, 0.25) is 0 Å². The Bertz CT molecular complexity index is 387. The van der Waals surface area contributed by atoms with Gasteiger partial charge in [0, 0.05) is 12.8 Å². The van der Waals surface area contributed by atoms with Crippen LogP contribution in [0.5, 0.6) is 0 Å². The molecule has 0 heterocycles. The van der Waals surface area contributed by atoms with E-state index < -0.39 is 0 Å². The van der Waals surface area contributed by atoms with E-state index in [0.717, 1.165) is 17.8 Å². The van der Waals surface area contributed by atoms with E-state index in [-0.39, 0.29) is 5.97 Å². The average molecular weight is 264 g/mol. The third-order valence-electron chi connectivity index (χ3n) is 6.82. The molecular weight excluding hydrogens is 236 g/mol. The molecule has 2 nitrogen and oxygen atoms in total. The van der Waals surface area contributed by atoms with Gasteiger partial charge >= 0.3 is 5.97 Å². The van der Waals surface area contributed by atoms with Crippen LogP contribution in [0.2, 0.25) is 0 Å². The average Bonchev–Trinajstić information content (AvgIpc) is 2.78. The van der Waals surface area contributed by atoms with Crippen LogP contribution >= 0.6 is 0 Å². The fourth-order valence-corrected chi connectivity index (χ4v) is 6.09. The molecule has 3 fully saturated rings. The summed E-state index contributed by atoms with van der Waals surface area (Å²) in [5.41, 5.74) is 0.908. The lowest BCUT2D eigenvalue weighted by atomic mass is 9.65. The Morgan fingerprint density at radius 3 is 2.63 bits per heavy atom. The number of carbonyl (C=O) groups is 1. The first-order valence-electron chi connectivity index (χ1n) is 7.99. The lowest BCUT2D eigenvalue weighted by Gasteiger charge is -2.41. The van der Waals surface area contributed by atoms with E-state index in [0.29, 0.717) is 23.4 Å². The number of esters is 1. The van der Waals surface area contributed by atoms with Gasteiger partial charge in [0.1, 0.15) is 0 Å². The summed E-state index contributed by atoms with van der Waals surface area (Å²) < 4.78 is 5.42. The highest BCUT2D eigenvalue weighted by atomic mass is 16.5. The minimum absolute atomic E-state index is 0.113. The second-order valence-corrected chi connectivity index (χ2v) is 8.13. The molecule has 0 saturated heterocycles. The Labute approximate surface area is 117 Å². The van der Waals surface area contributed by atoms with Crippen molar-refractivity contribution in [3.63, 3.8) is 0 Å². The second-order valence-electron chi connectivity index (χ2n) is 8.13. The normalized spacial score (nSPS) is 46.9. The van der Waals surface area contributed by atoms with Crippen LogP contribution in [0.1, 0.15) is 59.8 Å². The third kappa shape index (κ3) is 1.86. The van der Waals surface area contributed by atoms with Crippen molar-refractivity contribution < 1.29 is 9.53 Å². The molecule has 0 aromatic carbocycles. The number of hydrogen-bond acceptors (Lipinski definition) is 2. The summed E-state index contributed by atoms with van der Waals surface area (Å²) in [5, 5.41) is 0. The zero-order valence-corrected chi connectivity index (χ0v) is 12.9. The van der Waals surface area contributed by atoms with Crippen molar-refractivity contribution in [3.8, 4) is 0 Å². The van der Waals surface area contributed by atoms with Crippen LogP contribution in [0, 0.1) is 34.5 Å². The Morgan fingerprint density at radius 1 is 1.21 bits per heavy atom. The monoisotopic (exact) mass is 264 g/mol. The summed E-state index contributed by atoms with van der Waals surface area (Å²) in [6.45, 7) is 9.64. The van der Waals surface area contributed by atoms with Crippen LogP contribution in [-0.4, -0.2) is 12.6 Å². The Balaban J connectivity index is 1.90. The fraction of sp³-hybridized carbons (Fsp3) is 0.941. The molecule has 0 amide bonds. The Hall–Kier alpha value is -0.530. The van der Waals surface area contributed by atoms with Crippen molar-refractivity contribution in [2.24, 2.45) is 34.5 Å². The summed E-state index contributed by atoms with van der Waals surface area (Å²) in [6.07, 6.45) is 6.83. The third-order valence-corrected chi connectivity index (χ3v) is 6.82. The molecule has 5 atom stereocenters. The number of ether oxygens (including phenoxy) is 1. The molecule has 4 bridgehead atoms. The molecular formula is C17H28O2. The molecule has 108 valence electrons. The van der Waals surface area contributed by atoms with Crippen molar-refractivity contribution >= 4 is 5.97 Å². The second kappa shape index (κ2) is 4.23. The van der Waals surface area contributed by atoms with E-state index >= 15 is 0 Å². The van der Waals surface area contributed by atoms with Gasteiger partial charge < -0.3 is 4.74 Å². The molecule has 0 aromatic heterocycles. The van der Waals surface area contributed by atoms with E-state index in [2.05, 4.69) is 20.8 Å². The maximum atomic E-state index is 11.2. The summed E-state index contributed by atoms with van der Waals surface area (Å²) in [4.78, 5) is 11.2. The van der Waals surface area contributed by atoms with Crippen molar-refractivity contribution in [2.75, 3.05) is 6.61 Å². The molecule has 0 spiro atoms. The Morgan fingerprint density at radius 2 is 1.95 bits per heavy atom. The van der Waals surface area contributed by atoms with Crippen LogP contribution in [0.25, 0.3) is 0 Å². The smallest absolute Gasteiger partial charge is 0.302 e. The van der Waals surface area contributed by atoms with Crippen molar-refractivity contribution in [2.45, 2.75) is 59.8 Å². The molecule has 3 aliphatic carbocycles. The highest BCUT2D eigenvalue weighted by Crippen LogP contribution is 2.70. The topological polar surface area (TPSA) is 26.3 Å². The number of hydrogen-bond donors (Lipinski definition) is 0. The minimum atomic E-state index is -0.113. The first kappa shape index (κ1) is 13.5. The lowest BCUT2D eigenvalue weighted by molar-refractivity contribution is -0.144. The van der Waals surface area contributed by atoms with Gasteiger partial charge in [0.25, 0.3) is 0 Å². The van der Waals surface area contributed by atoms with E-state index in [1.165, 1.54) is 39.0 Å². The molecule has 3 rings (SSSR count). The van der Waals surface area contributed by atoms with Crippen LogP contribution in [0.15, 0.2) is 0 Å². The van der Waals surface area contributed by atoms with Gasteiger partial charge in [0.05, 0.1) is 6.61 Å². The van der Waals surface area contributed by atoms with E-state index in [4.69, 9.17) is 4.74 Å². The van der Waals surface area contributed by atoms with Crippen molar-refractivity contribution in [3.05, 3.63) is 0 Å².